The van der Waals surface area contributed by atoms with Gasteiger partial charge in [-0.05, 0) is 25.5 Å². The third-order valence-electron chi connectivity index (χ3n) is 1.67. The summed E-state index contributed by atoms with van der Waals surface area (Å²) in [5.41, 5.74) is 0.615. The number of nitro benzene ring substituents is 1. The molecule has 0 fully saturated rings. The summed E-state index contributed by atoms with van der Waals surface area (Å²) in [5, 5.41) is 10.4. The van der Waals surface area contributed by atoms with Crippen LogP contribution in [0.15, 0.2) is 12.1 Å². The molecular weight excluding hydrogens is 185 g/mol. The van der Waals surface area contributed by atoms with Crippen molar-refractivity contribution in [1.82, 2.24) is 0 Å². The lowest BCUT2D eigenvalue weighted by Gasteiger charge is -1.99. The van der Waals surface area contributed by atoms with Gasteiger partial charge < -0.3 is 0 Å². The molecule has 1 rings (SSSR count). The summed E-state index contributed by atoms with van der Waals surface area (Å²) in [6.45, 7) is 7.02. The van der Waals surface area contributed by atoms with Crippen LogP contribution in [0.25, 0.3) is 0 Å². The normalized spacial score (nSPS) is 8.93. The molecule has 0 aliphatic carbocycles. The van der Waals surface area contributed by atoms with Crippen LogP contribution in [0.3, 0.4) is 0 Å². The van der Waals surface area contributed by atoms with Crippen LogP contribution in [-0.4, -0.2) is 4.92 Å². The van der Waals surface area contributed by atoms with Crippen LogP contribution in [0.1, 0.15) is 25.0 Å². The molecule has 0 unspecified atom stereocenters. The smallest absolute Gasteiger partial charge is 0.258 e. The van der Waals surface area contributed by atoms with Gasteiger partial charge in [-0.2, -0.15) is 0 Å². The molecule has 0 spiro atoms. The minimum atomic E-state index is -0.512. The number of rotatable bonds is 1. The van der Waals surface area contributed by atoms with E-state index in [1.807, 2.05) is 13.8 Å². The highest BCUT2D eigenvalue weighted by atomic mass is 19.1. The molecule has 4 heteroatoms. The number of nitrogens with zero attached hydrogens (tertiary/aromatic N) is 1. The molecule has 0 aromatic heterocycles. The van der Waals surface area contributed by atoms with E-state index >= 15 is 0 Å². The summed E-state index contributed by atoms with van der Waals surface area (Å²) in [6, 6.07) is 2.41. The third kappa shape index (κ3) is 2.80. The summed E-state index contributed by atoms with van der Waals surface area (Å²) in [5.74, 6) is -0.405. The van der Waals surface area contributed by atoms with Crippen LogP contribution in [0.4, 0.5) is 10.1 Å². The lowest BCUT2D eigenvalue weighted by atomic mass is 10.1. The Morgan fingerprint density at radius 2 is 1.71 bits per heavy atom. The van der Waals surface area contributed by atoms with Gasteiger partial charge in [0.05, 0.1) is 4.92 Å². The minimum Gasteiger partial charge on any atom is -0.258 e. The van der Waals surface area contributed by atoms with Crippen LogP contribution < -0.4 is 0 Å². The summed E-state index contributed by atoms with van der Waals surface area (Å²) in [7, 11) is 0. The maximum absolute atomic E-state index is 12.8. The van der Waals surface area contributed by atoms with Crippen LogP contribution >= 0.6 is 0 Å². The van der Waals surface area contributed by atoms with Gasteiger partial charge in [0.15, 0.2) is 0 Å². The van der Waals surface area contributed by atoms with Crippen molar-refractivity contribution in [3.8, 4) is 0 Å². The molecule has 0 saturated heterocycles. The van der Waals surface area contributed by atoms with E-state index < -0.39 is 10.7 Å². The Kier molecular flexibility index (Phi) is 4.77. The molecule has 0 saturated carbocycles. The van der Waals surface area contributed by atoms with E-state index in [1.54, 1.807) is 0 Å². The van der Waals surface area contributed by atoms with Crippen LogP contribution in [0, 0.1) is 29.8 Å². The average Bonchev–Trinajstić information content (AvgIpc) is 2.14. The van der Waals surface area contributed by atoms with E-state index in [0.717, 1.165) is 0 Å². The van der Waals surface area contributed by atoms with E-state index in [-0.39, 0.29) is 5.69 Å². The van der Waals surface area contributed by atoms with Gasteiger partial charge in [-0.15, -0.1) is 0 Å². The first-order chi connectivity index (χ1) is 6.52. The number of benzene rings is 1. The van der Waals surface area contributed by atoms with Gasteiger partial charge in [0, 0.05) is 11.6 Å². The third-order valence-corrected chi connectivity index (χ3v) is 1.67. The van der Waals surface area contributed by atoms with Crippen LogP contribution in [0.2, 0.25) is 0 Å². The molecule has 78 valence electrons. The van der Waals surface area contributed by atoms with E-state index in [9.17, 15) is 14.5 Å². The van der Waals surface area contributed by atoms with Gasteiger partial charge in [-0.1, -0.05) is 13.8 Å². The molecule has 0 aliphatic rings. The predicted molar refractivity (Wildman–Crippen MR) is 53.9 cm³/mol. The van der Waals surface area contributed by atoms with Gasteiger partial charge in [-0.25, -0.2) is 4.39 Å². The van der Waals surface area contributed by atoms with Crippen molar-refractivity contribution in [3.63, 3.8) is 0 Å². The highest BCUT2D eigenvalue weighted by Crippen LogP contribution is 2.21. The number of hydrogen-bond donors (Lipinski definition) is 0. The van der Waals surface area contributed by atoms with E-state index in [1.165, 1.54) is 26.0 Å². The Hall–Kier alpha value is -1.45. The van der Waals surface area contributed by atoms with Gasteiger partial charge >= 0.3 is 0 Å². The zero-order valence-corrected chi connectivity index (χ0v) is 8.80. The molecule has 3 nitrogen and oxygen atoms in total. The fourth-order valence-corrected chi connectivity index (χ4v) is 0.962. The topological polar surface area (TPSA) is 43.1 Å². The number of aryl methyl sites for hydroxylation is 2. The standard InChI is InChI=1S/C8H8FNO2.C2H6/c1-5-4-8(10(11)12)6(2)3-7(5)9;1-2/h3-4H,1-2H3;1-2H3. The van der Waals surface area contributed by atoms with Crippen molar-refractivity contribution in [1.29, 1.82) is 0 Å². The van der Waals surface area contributed by atoms with Crippen LogP contribution in [-0.2, 0) is 0 Å². The largest absolute Gasteiger partial charge is 0.272 e. The van der Waals surface area contributed by atoms with Crippen LogP contribution in [0.5, 0.6) is 0 Å². The average molecular weight is 199 g/mol. The van der Waals surface area contributed by atoms with E-state index in [4.69, 9.17) is 0 Å². The van der Waals surface area contributed by atoms with Crippen molar-refractivity contribution >= 4 is 5.69 Å². The Bertz CT molecular complexity index is 337. The molecule has 1 aromatic carbocycles. The number of nitro groups is 1. The molecule has 14 heavy (non-hydrogen) atoms. The van der Waals surface area contributed by atoms with Gasteiger partial charge in [0.2, 0.25) is 0 Å². The monoisotopic (exact) mass is 199 g/mol. The van der Waals surface area contributed by atoms with Gasteiger partial charge in [-0.3, -0.25) is 10.1 Å². The summed E-state index contributed by atoms with van der Waals surface area (Å²) in [6.07, 6.45) is 0. The lowest BCUT2D eigenvalue weighted by molar-refractivity contribution is -0.385. The second-order valence-corrected chi connectivity index (χ2v) is 2.64. The zero-order valence-electron chi connectivity index (χ0n) is 8.80. The van der Waals surface area contributed by atoms with Crippen molar-refractivity contribution < 1.29 is 9.31 Å². The highest BCUT2D eigenvalue weighted by Gasteiger charge is 2.12. The summed E-state index contributed by atoms with van der Waals surface area (Å²) < 4.78 is 12.8. The molecule has 0 atom stereocenters. The van der Waals surface area contributed by atoms with Crippen molar-refractivity contribution in [3.05, 3.63) is 39.2 Å². The molecule has 0 heterocycles. The fraction of sp³-hybridized carbons (Fsp3) is 0.400. The summed E-state index contributed by atoms with van der Waals surface area (Å²) >= 11 is 0. The molecule has 0 amide bonds. The van der Waals surface area contributed by atoms with Crippen molar-refractivity contribution in [2.24, 2.45) is 0 Å². The Balaban J connectivity index is 0.000000791. The van der Waals surface area contributed by atoms with Crippen molar-refractivity contribution in [2.45, 2.75) is 27.7 Å². The lowest BCUT2D eigenvalue weighted by Crippen LogP contribution is -1.94. The first-order valence-corrected chi connectivity index (χ1v) is 4.43. The quantitative estimate of drug-likeness (QED) is 0.514. The van der Waals surface area contributed by atoms with Gasteiger partial charge in [0.1, 0.15) is 5.82 Å². The Labute approximate surface area is 82.7 Å². The predicted octanol–water partition coefficient (Wildman–Crippen LogP) is 3.38. The second kappa shape index (κ2) is 5.32. The van der Waals surface area contributed by atoms with E-state index in [2.05, 4.69) is 0 Å². The highest BCUT2D eigenvalue weighted by molar-refractivity contribution is 5.42. The summed E-state index contributed by atoms with van der Waals surface area (Å²) in [4.78, 5) is 9.86. The molecule has 0 bridgehead atoms. The van der Waals surface area contributed by atoms with E-state index in [0.29, 0.717) is 11.1 Å². The molecule has 0 radical (unpaired) electrons. The SMILES string of the molecule is CC.Cc1cc([N+](=O)[O-])c(C)cc1F. The zero-order chi connectivity index (χ0) is 11.3. The maximum Gasteiger partial charge on any atom is 0.272 e. The molecule has 0 aliphatic heterocycles. The van der Waals surface area contributed by atoms with Gasteiger partial charge in [0.25, 0.3) is 5.69 Å². The Morgan fingerprint density at radius 1 is 1.21 bits per heavy atom. The number of hydrogen-bond acceptors (Lipinski definition) is 2. The molecule has 1 aromatic rings. The second-order valence-electron chi connectivity index (χ2n) is 2.64. The first kappa shape index (κ1) is 12.6. The molecule has 0 N–H and O–H groups in total. The minimum absolute atomic E-state index is 0.0334. The molecular formula is C10H14FNO2. The first-order valence-electron chi connectivity index (χ1n) is 4.43. The fourth-order valence-electron chi connectivity index (χ4n) is 0.962. The maximum atomic E-state index is 12.8. The van der Waals surface area contributed by atoms with Crippen molar-refractivity contribution in [2.75, 3.05) is 0 Å². The number of halogens is 1. The Morgan fingerprint density at radius 3 is 2.14 bits per heavy atom.